The maximum atomic E-state index is 12.9. The van der Waals surface area contributed by atoms with E-state index in [4.69, 9.17) is 0 Å². The number of aryl methyl sites for hydroxylation is 1. The van der Waals surface area contributed by atoms with Crippen molar-refractivity contribution in [3.63, 3.8) is 0 Å². The molecule has 0 unspecified atom stereocenters. The summed E-state index contributed by atoms with van der Waals surface area (Å²) in [7, 11) is 1.96. The Labute approximate surface area is 174 Å². The minimum atomic E-state index is -0.0000129. The van der Waals surface area contributed by atoms with Gasteiger partial charge in [0.2, 0.25) is 0 Å². The normalized spacial score (nSPS) is 13.8. The first-order valence-corrected chi connectivity index (χ1v) is 10.1. The molecule has 0 saturated carbocycles. The minimum Gasteiger partial charge on any atom is -0.357 e. The Kier molecular flexibility index (Phi) is 4.71. The molecule has 1 aromatic carbocycles. The molecule has 0 atom stereocenters. The lowest BCUT2D eigenvalue weighted by Gasteiger charge is -2.16. The Bertz CT molecular complexity index is 1230. The fourth-order valence-electron chi connectivity index (χ4n) is 3.90. The Hall–Kier alpha value is -3.61. The Morgan fingerprint density at radius 1 is 1.07 bits per heavy atom. The summed E-state index contributed by atoms with van der Waals surface area (Å²) in [5.41, 5.74) is 3.51. The van der Waals surface area contributed by atoms with Crippen LogP contribution in [0.1, 0.15) is 29.0 Å². The maximum Gasteiger partial charge on any atom is 0.170 e. The quantitative estimate of drug-likeness (QED) is 0.479. The van der Waals surface area contributed by atoms with Crippen LogP contribution in [-0.4, -0.2) is 43.4 Å². The number of carbonyl (C=O) groups excluding carboxylic acids is 1. The molecule has 4 heterocycles. The summed E-state index contributed by atoms with van der Waals surface area (Å²) in [6, 6.07) is 9.69. The van der Waals surface area contributed by atoms with Crippen molar-refractivity contribution in [1.82, 2.24) is 24.5 Å². The molecular weight excluding hydrogens is 376 g/mol. The highest BCUT2D eigenvalue weighted by molar-refractivity contribution is 5.98. The number of benzene rings is 1. The van der Waals surface area contributed by atoms with E-state index in [0.29, 0.717) is 11.4 Å². The zero-order valence-corrected chi connectivity index (χ0v) is 16.8. The molecule has 0 N–H and O–H groups in total. The number of imidazole rings is 1. The predicted octanol–water partition coefficient (Wildman–Crippen LogP) is 3.45. The fourth-order valence-corrected chi connectivity index (χ4v) is 3.90. The van der Waals surface area contributed by atoms with Gasteiger partial charge in [0.25, 0.3) is 0 Å². The topological polar surface area (TPSA) is 76.8 Å². The molecule has 0 amide bonds. The van der Waals surface area contributed by atoms with Crippen LogP contribution in [-0.2, 0) is 13.5 Å². The summed E-state index contributed by atoms with van der Waals surface area (Å²) in [5.74, 6) is 1.40. The summed E-state index contributed by atoms with van der Waals surface area (Å²) in [4.78, 5) is 32.8. The van der Waals surface area contributed by atoms with Crippen molar-refractivity contribution in [3.05, 3.63) is 66.6 Å². The van der Waals surface area contributed by atoms with Gasteiger partial charge in [0.1, 0.15) is 11.6 Å². The van der Waals surface area contributed by atoms with E-state index in [9.17, 15) is 4.79 Å². The fraction of sp³-hybridized carbons (Fsp3) is 0.261. The lowest BCUT2D eigenvalue weighted by molar-refractivity contribution is 0.0991. The molecule has 0 radical (unpaired) electrons. The van der Waals surface area contributed by atoms with Crippen LogP contribution in [0.15, 0.2) is 55.2 Å². The molecular formula is C23H22N6O. The molecule has 0 spiro atoms. The van der Waals surface area contributed by atoms with Crippen molar-refractivity contribution < 1.29 is 4.79 Å². The van der Waals surface area contributed by atoms with Crippen molar-refractivity contribution in [2.24, 2.45) is 7.05 Å². The molecule has 0 bridgehead atoms. The number of Topliss-reactive ketones (excluding diaryl/α,β-unsaturated/α-hetero) is 1. The largest absolute Gasteiger partial charge is 0.357 e. The molecule has 150 valence electrons. The Balaban J connectivity index is 1.40. The molecule has 1 saturated heterocycles. The molecule has 1 aliphatic heterocycles. The van der Waals surface area contributed by atoms with Gasteiger partial charge in [-0.1, -0.05) is 12.1 Å². The van der Waals surface area contributed by atoms with Crippen LogP contribution in [0.4, 0.5) is 5.82 Å². The number of rotatable bonds is 5. The molecule has 3 aromatic heterocycles. The smallest absolute Gasteiger partial charge is 0.170 e. The van der Waals surface area contributed by atoms with Crippen LogP contribution in [0.3, 0.4) is 0 Å². The second kappa shape index (κ2) is 7.67. The first kappa shape index (κ1) is 18.4. The third-order valence-electron chi connectivity index (χ3n) is 5.56. The van der Waals surface area contributed by atoms with Crippen molar-refractivity contribution in [1.29, 1.82) is 0 Å². The van der Waals surface area contributed by atoms with Gasteiger partial charge in [-0.05, 0) is 31.0 Å². The predicted molar refractivity (Wildman–Crippen MR) is 115 cm³/mol. The first-order chi connectivity index (χ1) is 14.7. The molecule has 5 rings (SSSR count). The minimum absolute atomic E-state index is 0.0000129. The molecule has 4 aromatic rings. The van der Waals surface area contributed by atoms with E-state index in [0.717, 1.165) is 41.1 Å². The average molecular weight is 398 g/mol. The second-order valence-corrected chi connectivity index (χ2v) is 7.65. The number of fused-ring (bicyclic) bond motifs is 1. The summed E-state index contributed by atoms with van der Waals surface area (Å²) in [6.45, 7) is 1.99. The number of anilines is 1. The number of hydrogen-bond acceptors (Lipinski definition) is 6. The monoisotopic (exact) mass is 398 g/mol. The van der Waals surface area contributed by atoms with Gasteiger partial charge in [-0.2, -0.15) is 0 Å². The highest BCUT2D eigenvalue weighted by Gasteiger charge is 2.16. The Morgan fingerprint density at radius 3 is 2.73 bits per heavy atom. The number of nitrogens with zero attached hydrogens (tertiary/aromatic N) is 6. The van der Waals surface area contributed by atoms with Crippen LogP contribution in [0.25, 0.3) is 22.2 Å². The van der Waals surface area contributed by atoms with Gasteiger partial charge in [0.15, 0.2) is 5.78 Å². The molecule has 7 nitrogen and oxygen atoms in total. The van der Waals surface area contributed by atoms with E-state index in [1.54, 1.807) is 24.8 Å². The van der Waals surface area contributed by atoms with E-state index >= 15 is 0 Å². The van der Waals surface area contributed by atoms with Crippen LogP contribution >= 0.6 is 0 Å². The van der Waals surface area contributed by atoms with Gasteiger partial charge >= 0.3 is 0 Å². The molecule has 7 heteroatoms. The standard InChI is InChI=1S/C23H22N6O/c1-28-15-24-14-20(28)16-4-5-18-13-26-22(27-19(18)10-16)12-21(30)17-6-7-25-23(11-17)29-8-2-3-9-29/h4-7,10-11,13-15H,2-3,8-9,12H2,1H3. The number of carbonyl (C=O) groups is 1. The van der Waals surface area contributed by atoms with E-state index < -0.39 is 0 Å². The number of hydrogen-bond donors (Lipinski definition) is 0. The van der Waals surface area contributed by atoms with Gasteiger partial charge in [0, 0.05) is 49.0 Å². The third kappa shape index (κ3) is 3.54. The van der Waals surface area contributed by atoms with Gasteiger partial charge < -0.3 is 9.47 Å². The van der Waals surface area contributed by atoms with E-state index in [2.05, 4.69) is 24.8 Å². The van der Waals surface area contributed by atoms with E-state index in [1.165, 1.54) is 12.8 Å². The summed E-state index contributed by atoms with van der Waals surface area (Å²) in [5, 5.41) is 0.942. The lowest BCUT2D eigenvalue weighted by Crippen LogP contribution is -2.19. The molecule has 1 aliphatic rings. The van der Waals surface area contributed by atoms with Gasteiger partial charge in [-0.15, -0.1) is 0 Å². The van der Waals surface area contributed by atoms with Gasteiger partial charge in [0.05, 0.1) is 30.2 Å². The zero-order valence-electron chi connectivity index (χ0n) is 16.8. The maximum absolute atomic E-state index is 12.9. The third-order valence-corrected chi connectivity index (χ3v) is 5.56. The van der Waals surface area contributed by atoms with Gasteiger partial charge in [-0.3, -0.25) is 4.79 Å². The Morgan fingerprint density at radius 2 is 1.93 bits per heavy atom. The first-order valence-electron chi connectivity index (χ1n) is 10.1. The highest BCUT2D eigenvalue weighted by Crippen LogP contribution is 2.23. The molecule has 30 heavy (non-hydrogen) atoms. The average Bonchev–Trinajstić information content (AvgIpc) is 3.45. The highest BCUT2D eigenvalue weighted by atomic mass is 16.1. The van der Waals surface area contributed by atoms with Crippen molar-refractivity contribution >= 4 is 22.5 Å². The van der Waals surface area contributed by atoms with E-state index in [-0.39, 0.29) is 12.2 Å². The van der Waals surface area contributed by atoms with Crippen molar-refractivity contribution in [2.75, 3.05) is 18.0 Å². The number of ketones is 1. The van der Waals surface area contributed by atoms with Gasteiger partial charge in [-0.25, -0.2) is 19.9 Å². The van der Waals surface area contributed by atoms with E-state index in [1.807, 2.05) is 42.1 Å². The van der Waals surface area contributed by atoms with Crippen molar-refractivity contribution in [2.45, 2.75) is 19.3 Å². The molecule has 1 fully saturated rings. The lowest BCUT2D eigenvalue weighted by atomic mass is 10.1. The van der Waals surface area contributed by atoms with Crippen LogP contribution in [0.2, 0.25) is 0 Å². The van der Waals surface area contributed by atoms with Crippen LogP contribution < -0.4 is 4.90 Å². The number of pyridine rings is 1. The SMILES string of the molecule is Cn1cncc1-c1ccc2cnc(CC(=O)c3ccnc(N4CCCC4)c3)nc2c1. The second-order valence-electron chi connectivity index (χ2n) is 7.65. The van der Waals surface area contributed by atoms with Crippen molar-refractivity contribution in [3.8, 4) is 11.3 Å². The van der Waals surface area contributed by atoms with Crippen LogP contribution in [0.5, 0.6) is 0 Å². The molecule has 0 aliphatic carbocycles. The zero-order chi connectivity index (χ0) is 20.5. The summed E-state index contributed by atoms with van der Waals surface area (Å²) in [6.07, 6.45) is 9.60. The summed E-state index contributed by atoms with van der Waals surface area (Å²) < 4.78 is 1.97. The summed E-state index contributed by atoms with van der Waals surface area (Å²) >= 11 is 0. The number of aromatic nitrogens is 5. The van der Waals surface area contributed by atoms with Crippen LogP contribution in [0, 0.1) is 0 Å².